The van der Waals surface area contributed by atoms with Crippen molar-refractivity contribution in [3.63, 3.8) is 0 Å². The van der Waals surface area contributed by atoms with E-state index in [2.05, 4.69) is 18.7 Å². The van der Waals surface area contributed by atoms with Gasteiger partial charge in [0.2, 0.25) is 0 Å². The molecule has 1 saturated heterocycles. The van der Waals surface area contributed by atoms with Crippen molar-refractivity contribution in [2.75, 3.05) is 19.6 Å². The molecule has 2 heteroatoms. The van der Waals surface area contributed by atoms with E-state index in [9.17, 15) is 0 Å². The van der Waals surface area contributed by atoms with E-state index in [4.69, 9.17) is 5.73 Å². The van der Waals surface area contributed by atoms with E-state index in [-0.39, 0.29) is 0 Å². The molecule has 1 heterocycles. The number of unbranched alkanes of at least 4 members (excludes halogenated alkanes) is 2. The average Bonchev–Trinajstić information content (AvgIpc) is 2.20. The monoisotopic (exact) mass is 198 g/mol. The van der Waals surface area contributed by atoms with Gasteiger partial charge in [0.15, 0.2) is 0 Å². The Balaban J connectivity index is 2.27. The Morgan fingerprint density at radius 3 is 2.79 bits per heavy atom. The molecular weight excluding hydrogens is 172 g/mol. The number of nitrogens with two attached hydrogens (primary N) is 1. The van der Waals surface area contributed by atoms with Crippen molar-refractivity contribution in [3.8, 4) is 0 Å². The van der Waals surface area contributed by atoms with Gasteiger partial charge in [-0.3, -0.25) is 4.90 Å². The van der Waals surface area contributed by atoms with E-state index in [0.29, 0.717) is 6.04 Å². The van der Waals surface area contributed by atoms with Crippen molar-refractivity contribution in [1.29, 1.82) is 0 Å². The predicted octanol–water partition coefficient (Wildman–Crippen LogP) is 2.24. The summed E-state index contributed by atoms with van der Waals surface area (Å²) in [5.41, 5.74) is 5.82. The SMILES string of the molecule is CCCCCN1CCC(C)CC1CN. The van der Waals surface area contributed by atoms with Gasteiger partial charge < -0.3 is 5.73 Å². The molecule has 84 valence electrons. The highest BCUT2D eigenvalue weighted by atomic mass is 15.2. The highest BCUT2D eigenvalue weighted by Gasteiger charge is 2.24. The highest BCUT2D eigenvalue weighted by Crippen LogP contribution is 2.22. The Hall–Kier alpha value is -0.0800. The number of hydrogen-bond acceptors (Lipinski definition) is 2. The molecule has 0 saturated carbocycles. The number of rotatable bonds is 5. The van der Waals surface area contributed by atoms with Crippen LogP contribution in [0.3, 0.4) is 0 Å². The summed E-state index contributed by atoms with van der Waals surface area (Å²) in [5, 5.41) is 0. The summed E-state index contributed by atoms with van der Waals surface area (Å²) >= 11 is 0. The quantitative estimate of drug-likeness (QED) is 0.686. The molecule has 1 rings (SSSR count). The van der Waals surface area contributed by atoms with Crippen LogP contribution >= 0.6 is 0 Å². The largest absolute Gasteiger partial charge is 0.329 e. The first-order chi connectivity index (χ1) is 6.77. The third-order valence-corrected chi connectivity index (χ3v) is 3.42. The van der Waals surface area contributed by atoms with E-state index < -0.39 is 0 Å². The summed E-state index contributed by atoms with van der Waals surface area (Å²) in [6, 6.07) is 0.663. The van der Waals surface area contributed by atoms with Crippen LogP contribution in [-0.2, 0) is 0 Å². The zero-order valence-electron chi connectivity index (χ0n) is 9.84. The fourth-order valence-electron chi connectivity index (χ4n) is 2.40. The summed E-state index contributed by atoms with van der Waals surface area (Å²) in [4.78, 5) is 2.61. The minimum atomic E-state index is 0.663. The molecule has 0 aromatic rings. The van der Waals surface area contributed by atoms with Gasteiger partial charge in [-0.15, -0.1) is 0 Å². The Bertz CT molecular complexity index is 147. The molecule has 0 amide bonds. The van der Waals surface area contributed by atoms with E-state index in [1.807, 2.05) is 0 Å². The van der Waals surface area contributed by atoms with Gasteiger partial charge in [0.05, 0.1) is 0 Å². The molecule has 1 aliphatic rings. The molecule has 0 aliphatic carbocycles. The molecule has 0 aromatic carbocycles. The van der Waals surface area contributed by atoms with Crippen LogP contribution in [0, 0.1) is 5.92 Å². The van der Waals surface area contributed by atoms with Crippen LogP contribution in [0.5, 0.6) is 0 Å². The topological polar surface area (TPSA) is 29.3 Å². The van der Waals surface area contributed by atoms with Gasteiger partial charge in [0, 0.05) is 12.6 Å². The molecule has 14 heavy (non-hydrogen) atoms. The van der Waals surface area contributed by atoms with Gasteiger partial charge >= 0.3 is 0 Å². The minimum absolute atomic E-state index is 0.663. The van der Waals surface area contributed by atoms with E-state index in [1.165, 1.54) is 45.2 Å². The lowest BCUT2D eigenvalue weighted by Crippen LogP contribution is -2.46. The van der Waals surface area contributed by atoms with Crippen molar-refractivity contribution < 1.29 is 0 Å². The Morgan fingerprint density at radius 1 is 1.36 bits per heavy atom. The molecule has 1 aliphatic heterocycles. The fourth-order valence-corrected chi connectivity index (χ4v) is 2.40. The van der Waals surface area contributed by atoms with E-state index >= 15 is 0 Å². The third kappa shape index (κ3) is 3.58. The lowest BCUT2D eigenvalue weighted by atomic mass is 9.92. The summed E-state index contributed by atoms with van der Waals surface area (Å²) in [5.74, 6) is 0.881. The molecular formula is C12H26N2. The molecule has 1 fully saturated rings. The number of likely N-dealkylation sites (tertiary alicyclic amines) is 1. The normalized spacial score (nSPS) is 29.4. The van der Waals surface area contributed by atoms with Crippen molar-refractivity contribution in [2.45, 2.75) is 52.0 Å². The second-order valence-corrected chi connectivity index (χ2v) is 4.76. The lowest BCUT2D eigenvalue weighted by Gasteiger charge is -2.38. The molecule has 0 spiro atoms. The van der Waals surface area contributed by atoms with Gasteiger partial charge in [-0.1, -0.05) is 26.7 Å². The van der Waals surface area contributed by atoms with Crippen LogP contribution in [-0.4, -0.2) is 30.6 Å². The van der Waals surface area contributed by atoms with Crippen molar-refractivity contribution in [3.05, 3.63) is 0 Å². The van der Waals surface area contributed by atoms with Gasteiger partial charge in [0.1, 0.15) is 0 Å². The van der Waals surface area contributed by atoms with Crippen LogP contribution in [0.2, 0.25) is 0 Å². The maximum Gasteiger partial charge on any atom is 0.0220 e. The average molecular weight is 198 g/mol. The lowest BCUT2D eigenvalue weighted by molar-refractivity contribution is 0.120. The van der Waals surface area contributed by atoms with Gasteiger partial charge in [-0.25, -0.2) is 0 Å². The zero-order valence-corrected chi connectivity index (χ0v) is 9.84. The first-order valence-corrected chi connectivity index (χ1v) is 6.22. The minimum Gasteiger partial charge on any atom is -0.329 e. The van der Waals surface area contributed by atoms with Crippen molar-refractivity contribution in [2.24, 2.45) is 11.7 Å². The van der Waals surface area contributed by atoms with Crippen LogP contribution in [0.25, 0.3) is 0 Å². The summed E-state index contributed by atoms with van der Waals surface area (Å²) < 4.78 is 0. The van der Waals surface area contributed by atoms with Crippen molar-refractivity contribution >= 4 is 0 Å². The van der Waals surface area contributed by atoms with Gasteiger partial charge in [-0.05, 0) is 38.3 Å². The van der Waals surface area contributed by atoms with E-state index in [0.717, 1.165) is 12.5 Å². The summed E-state index contributed by atoms with van der Waals surface area (Å²) in [7, 11) is 0. The van der Waals surface area contributed by atoms with Crippen LogP contribution < -0.4 is 5.73 Å². The summed E-state index contributed by atoms with van der Waals surface area (Å²) in [6.07, 6.45) is 6.70. The number of hydrogen-bond donors (Lipinski definition) is 1. The second kappa shape index (κ2) is 6.41. The fraction of sp³-hybridized carbons (Fsp3) is 1.00. The van der Waals surface area contributed by atoms with Crippen molar-refractivity contribution in [1.82, 2.24) is 4.90 Å². The second-order valence-electron chi connectivity index (χ2n) is 4.76. The number of nitrogens with zero attached hydrogens (tertiary/aromatic N) is 1. The van der Waals surface area contributed by atoms with Gasteiger partial charge in [-0.2, -0.15) is 0 Å². The zero-order chi connectivity index (χ0) is 10.4. The molecule has 2 nitrogen and oxygen atoms in total. The predicted molar refractivity (Wildman–Crippen MR) is 62.3 cm³/mol. The third-order valence-electron chi connectivity index (χ3n) is 3.42. The maximum atomic E-state index is 5.82. The molecule has 0 bridgehead atoms. The van der Waals surface area contributed by atoms with Crippen LogP contribution in [0.1, 0.15) is 46.0 Å². The highest BCUT2D eigenvalue weighted by molar-refractivity contribution is 4.80. The molecule has 2 N–H and O–H groups in total. The first kappa shape index (κ1) is 12.0. The summed E-state index contributed by atoms with van der Waals surface area (Å²) in [6.45, 7) is 8.00. The first-order valence-electron chi connectivity index (χ1n) is 6.22. The maximum absolute atomic E-state index is 5.82. The Kier molecular flexibility index (Phi) is 5.49. The Labute approximate surface area is 88.8 Å². The molecule has 2 unspecified atom stereocenters. The standard InChI is InChI=1S/C12H26N2/c1-3-4-5-7-14-8-6-11(2)9-12(14)10-13/h11-12H,3-10,13H2,1-2H3. The van der Waals surface area contributed by atoms with Gasteiger partial charge in [0.25, 0.3) is 0 Å². The molecule has 0 aromatic heterocycles. The van der Waals surface area contributed by atoms with E-state index in [1.54, 1.807) is 0 Å². The van der Waals surface area contributed by atoms with Crippen LogP contribution in [0.15, 0.2) is 0 Å². The Morgan fingerprint density at radius 2 is 2.14 bits per heavy atom. The molecule has 0 radical (unpaired) electrons. The number of piperidine rings is 1. The van der Waals surface area contributed by atoms with Crippen LogP contribution in [0.4, 0.5) is 0 Å². The smallest absolute Gasteiger partial charge is 0.0220 e. The molecule has 2 atom stereocenters.